The van der Waals surface area contributed by atoms with Gasteiger partial charge in [-0.15, -0.1) is 0 Å². The molecule has 0 spiro atoms. The van der Waals surface area contributed by atoms with Gasteiger partial charge in [-0.25, -0.2) is 8.78 Å². The Morgan fingerprint density at radius 3 is 1.51 bits per heavy atom. The second-order valence-electron chi connectivity index (χ2n) is 13.6. The van der Waals surface area contributed by atoms with Crippen LogP contribution in [0.5, 0.6) is 11.5 Å². The largest absolute Gasteiger partial charge is 0.508 e. The number of phenolic OH excluding ortho intramolecular Hbond substituents is 1. The molecule has 0 bridgehead atoms. The van der Waals surface area contributed by atoms with Crippen LogP contribution in [0.1, 0.15) is 75.0 Å². The van der Waals surface area contributed by atoms with Gasteiger partial charge in [0.1, 0.15) is 34.5 Å². The van der Waals surface area contributed by atoms with Gasteiger partial charge < -0.3 is 29.5 Å². The molecule has 8 rings (SSSR count). The molecule has 2 aliphatic rings. The molecule has 2 saturated carbocycles. The van der Waals surface area contributed by atoms with Crippen LogP contribution in [-0.2, 0) is 0 Å². The van der Waals surface area contributed by atoms with E-state index in [0.29, 0.717) is 29.7 Å². The van der Waals surface area contributed by atoms with E-state index < -0.39 is 0 Å². The van der Waals surface area contributed by atoms with E-state index in [0.717, 1.165) is 42.7 Å². The summed E-state index contributed by atoms with van der Waals surface area (Å²) in [5.74, 6) is 1.32. The highest BCUT2D eigenvalue weighted by Crippen LogP contribution is 2.31. The summed E-state index contributed by atoms with van der Waals surface area (Å²) in [7, 11) is 0. The number of phenols is 1. The number of aromatic nitrogens is 2. The quantitative estimate of drug-likeness (QED) is 0.125. The molecule has 4 aromatic carbocycles. The molecule has 2 fully saturated rings. The molecule has 0 atom stereocenters. The molecule has 0 radical (unpaired) electrons. The molecule has 2 heterocycles. The number of carbonyl (C=O) groups excluding carboxylic acids is 2. The Labute approximate surface area is 332 Å². The van der Waals surface area contributed by atoms with Gasteiger partial charge in [0.15, 0.2) is 0 Å². The van der Waals surface area contributed by atoms with E-state index in [1.54, 1.807) is 24.3 Å². The van der Waals surface area contributed by atoms with Gasteiger partial charge in [0, 0.05) is 35.3 Å². The van der Waals surface area contributed by atoms with Crippen LogP contribution in [0.4, 0.5) is 8.78 Å². The molecule has 57 heavy (non-hydrogen) atoms. The fraction of sp³-hybridized carbons (Fsp3) is 0.289. The standard InChI is InChI=1S/C21H19FN2O3.C16H18N2O2.C6H5FO.2CH4/c22-16-6-8-18(9-7-16)26-13-14-10-17(11-14)23-21(25)20-12-19(24-27-20)15-4-2-1-3-5-15;1-2-11-8-13(9-11)17-16(19)15-10-14(18-20-15)12-6-4-3-5-7-12;7-5-1-3-6(8)4-2-5;;/h1-9,12,14,17H,10-11,13H2,(H,23,25);3-7,10-11,13H,2,8-9H2,1H3,(H,17,19);1-4,8H;2*1H4. The molecule has 2 aliphatic carbocycles. The van der Waals surface area contributed by atoms with Gasteiger partial charge in [0.05, 0.1) is 6.61 Å². The molecular formula is C45H50F2N4O6. The third kappa shape index (κ3) is 12.6. The Hall–Kier alpha value is -6.30. The molecule has 3 N–H and O–H groups in total. The highest BCUT2D eigenvalue weighted by Gasteiger charge is 2.32. The van der Waals surface area contributed by atoms with Crippen molar-refractivity contribution in [3.8, 4) is 34.0 Å². The van der Waals surface area contributed by atoms with Gasteiger partial charge in [-0.05, 0) is 86.1 Å². The van der Waals surface area contributed by atoms with E-state index in [9.17, 15) is 18.4 Å². The van der Waals surface area contributed by atoms with Crippen LogP contribution in [0.3, 0.4) is 0 Å². The molecule has 10 nitrogen and oxygen atoms in total. The summed E-state index contributed by atoms with van der Waals surface area (Å²) in [5, 5.41) is 22.4. The highest BCUT2D eigenvalue weighted by molar-refractivity contribution is 5.93. The first-order valence-electron chi connectivity index (χ1n) is 18.2. The number of aromatic hydroxyl groups is 1. The van der Waals surface area contributed by atoms with Gasteiger partial charge in [-0.2, -0.15) is 0 Å². The van der Waals surface area contributed by atoms with Crippen molar-refractivity contribution < 1.29 is 37.3 Å². The first-order chi connectivity index (χ1) is 26.7. The van der Waals surface area contributed by atoms with Crippen LogP contribution in [0.2, 0.25) is 0 Å². The number of halogens is 2. The molecule has 6 aromatic rings. The molecule has 300 valence electrons. The van der Waals surface area contributed by atoms with Crippen LogP contribution in [0.25, 0.3) is 22.5 Å². The van der Waals surface area contributed by atoms with Crippen LogP contribution >= 0.6 is 0 Å². The summed E-state index contributed by atoms with van der Waals surface area (Å²) in [6.45, 7) is 2.74. The monoisotopic (exact) mass is 780 g/mol. The number of benzene rings is 4. The SMILES string of the molecule is C.C.CCC1CC(NC(=O)c2cc(-c3ccccc3)no2)C1.O=C(NC1CC(COc2ccc(F)cc2)C1)c1cc(-c2ccccc2)no1.Oc1ccc(F)cc1. The first-order valence-corrected chi connectivity index (χ1v) is 18.2. The second-order valence-corrected chi connectivity index (χ2v) is 13.6. The van der Waals surface area contributed by atoms with Crippen molar-refractivity contribution in [1.29, 1.82) is 0 Å². The zero-order valence-corrected chi connectivity index (χ0v) is 30.2. The Morgan fingerprint density at radius 2 is 1.09 bits per heavy atom. The summed E-state index contributed by atoms with van der Waals surface area (Å²) < 4.78 is 40.8. The zero-order valence-electron chi connectivity index (χ0n) is 30.2. The lowest BCUT2D eigenvalue weighted by molar-refractivity contribution is 0.0813. The number of nitrogens with zero attached hydrogens (tertiary/aromatic N) is 2. The molecule has 2 amide bonds. The van der Waals surface area contributed by atoms with Gasteiger partial charge in [-0.3, -0.25) is 9.59 Å². The van der Waals surface area contributed by atoms with E-state index in [2.05, 4.69) is 27.9 Å². The van der Waals surface area contributed by atoms with Crippen LogP contribution in [-0.4, -0.2) is 45.9 Å². The first kappa shape index (κ1) is 43.4. The Bertz CT molecular complexity index is 2070. The summed E-state index contributed by atoms with van der Waals surface area (Å²) in [4.78, 5) is 24.3. The predicted molar refractivity (Wildman–Crippen MR) is 216 cm³/mol. The summed E-state index contributed by atoms with van der Waals surface area (Å²) >= 11 is 0. The molecule has 0 saturated heterocycles. The molecule has 0 unspecified atom stereocenters. The van der Waals surface area contributed by atoms with Crippen LogP contribution in [0, 0.1) is 23.5 Å². The number of hydrogen-bond donors (Lipinski definition) is 3. The summed E-state index contributed by atoms with van der Waals surface area (Å²) in [6.07, 6.45) is 5.01. The minimum atomic E-state index is -0.331. The lowest BCUT2D eigenvalue weighted by Crippen LogP contribution is -2.45. The number of ether oxygens (including phenoxy) is 1. The molecular weight excluding hydrogens is 731 g/mol. The average molecular weight is 781 g/mol. The lowest BCUT2D eigenvalue weighted by atomic mass is 9.78. The number of rotatable bonds is 10. The third-order valence-corrected chi connectivity index (χ3v) is 9.45. The van der Waals surface area contributed by atoms with Crippen LogP contribution in [0.15, 0.2) is 130 Å². The van der Waals surface area contributed by atoms with Crippen molar-refractivity contribution in [3.63, 3.8) is 0 Å². The predicted octanol–water partition coefficient (Wildman–Crippen LogP) is 10.1. The van der Waals surface area contributed by atoms with Gasteiger partial charge in [-0.1, -0.05) is 99.2 Å². The number of amides is 2. The Morgan fingerprint density at radius 1 is 0.667 bits per heavy atom. The maximum atomic E-state index is 12.9. The minimum Gasteiger partial charge on any atom is -0.508 e. The number of nitrogens with one attached hydrogen (secondary N) is 2. The highest BCUT2D eigenvalue weighted by atomic mass is 19.1. The van der Waals surface area contributed by atoms with E-state index in [4.69, 9.17) is 18.9 Å². The summed E-state index contributed by atoms with van der Waals surface area (Å²) in [6, 6.07) is 34.0. The second kappa shape index (κ2) is 21.1. The lowest BCUT2D eigenvalue weighted by Gasteiger charge is -2.35. The Kier molecular flexibility index (Phi) is 16.1. The van der Waals surface area contributed by atoms with Crippen molar-refractivity contribution in [2.24, 2.45) is 11.8 Å². The number of carbonyl (C=O) groups is 2. The molecule has 0 aliphatic heterocycles. The number of hydrogen-bond acceptors (Lipinski definition) is 8. The minimum absolute atomic E-state index is 0. The molecule has 12 heteroatoms. The Balaban J connectivity index is 0.000000211. The van der Waals surface area contributed by atoms with E-state index in [1.165, 1.54) is 42.8 Å². The molecule has 2 aromatic heterocycles. The van der Waals surface area contributed by atoms with Crippen molar-refractivity contribution in [2.45, 2.75) is 66.0 Å². The third-order valence-electron chi connectivity index (χ3n) is 9.45. The fourth-order valence-electron chi connectivity index (χ4n) is 6.13. The van der Waals surface area contributed by atoms with Crippen molar-refractivity contribution >= 4 is 11.8 Å². The van der Waals surface area contributed by atoms with E-state index in [1.807, 2.05) is 60.7 Å². The maximum absolute atomic E-state index is 12.9. The van der Waals surface area contributed by atoms with Crippen molar-refractivity contribution in [2.75, 3.05) is 6.61 Å². The summed E-state index contributed by atoms with van der Waals surface area (Å²) in [5.41, 5.74) is 3.18. The van der Waals surface area contributed by atoms with Gasteiger partial charge in [0.2, 0.25) is 11.5 Å². The normalized spacial score (nSPS) is 17.5. The topological polar surface area (TPSA) is 140 Å². The van der Waals surface area contributed by atoms with Gasteiger partial charge >= 0.3 is 0 Å². The van der Waals surface area contributed by atoms with Crippen molar-refractivity contribution in [1.82, 2.24) is 20.9 Å². The maximum Gasteiger partial charge on any atom is 0.290 e. The van der Waals surface area contributed by atoms with E-state index >= 15 is 0 Å². The smallest absolute Gasteiger partial charge is 0.290 e. The van der Waals surface area contributed by atoms with Gasteiger partial charge in [0.25, 0.3) is 11.8 Å². The van der Waals surface area contributed by atoms with Crippen molar-refractivity contribution in [3.05, 3.63) is 144 Å². The fourth-order valence-corrected chi connectivity index (χ4v) is 6.13. The average Bonchev–Trinajstić information content (AvgIpc) is 3.89. The zero-order chi connectivity index (χ0) is 38.6. The van der Waals surface area contributed by atoms with Crippen LogP contribution < -0.4 is 15.4 Å². The van der Waals surface area contributed by atoms with E-state index in [-0.39, 0.29) is 67.7 Å².